The van der Waals surface area contributed by atoms with Gasteiger partial charge in [0.2, 0.25) is 5.91 Å². The Morgan fingerprint density at radius 3 is 2.32 bits per heavy atom. The fourth-order valence-electron chi connectivity index (χ4n) is 3.97. The van der Waals surface area contributed by atoms with E-state index in [1.807, 2.05) is 0 Å². The molecule has 1 unspecified atom stereocenters. The van der Waals surface area contributed by atoms with Crippen molar-refractivity contribution in [3.05, 3.63) is 35.6 Å². The molecule has 1 aromatic rings. The maximum Gasteiger partial charge on any atom is 0.352 e. The molecule has 2 rings (SSSR count). The fourth-order valence-corrected chi connectivity index (χ4v) is 6.18. The lowest BCUT2D eigenvalue weighted by Gasteiger charge is -2.36. The summed E-state index contributed by atoms with van der Waals surface area (Å²) in [5.41, 5.74) is 0.563. The first-order valence-corrected chi connectivity index (χ1v) is 12.7. The number of nitrogens with zero attached hydrogens (tertiary/aromatic N) is 1. The Bertz CT molecular complexity index is 702. The first-order chi connectivity index (χ1) is 14.9. The van der Waals surface area contributed by atoms with Crippen LogP contribution in [0.25, 0.3) is 0 Å². The van der Waals surface area contributed by atoms with Crippen LogP contribution < -0.4 is 5.32 Å². The van der Waals surface area contributed by atoms with E-state index in [0.29, 0.717) is 18.7 Å². The Kier molecular flexibility index (Phi) is 11.1. The summed E-state index contributed by atoms with van der Waals surface area (Å²) in [7, 11) is -2.13. The van der Waals surface area contributed by atoms with Gasteiger partial charge in [-0.3, -0.25) is 14.3 Å². The summed E-state index contributed by atoms with van der Waals surface area (Å²) in [5.74, 6) is -1.40. The average Bonchev–Trinajstić information content (AvgIpc) is 2.74. The number of ether oxygens (including phenoxy) is 1. The maximum atomic E-state index is 13.8. The second-order valence-corrected chi connectivity index (χ2v) is 9.75. The third kappa shape index (κ3) is 7.95. The molecule has 1 aliphatic rings. The van der Waals surface area contributed by atoms with Crippen LogP contribution in [-0.2, 0) is 23.1 Å². The van der Waals surface area contributed by atoms with E-state index in [9.17, 15) is 13.8 Å². The molecule has 176 valence electrons. The molecule has 0 saturated heterocycles. The largest absolute Gasteiger partial charge is 0.383 e. The maximum absolute atomic E-state index is 13.8. The predicted octanol–water partition coefficient (Wildman–Crippen LogP) is 4.49. The number of rotatable bonds is 13. The summed E-state index contributed by atoms with van der Waals surface area (Å²) in [6.07, 6.45) is 5.37. The van der Waals surface area contributed by atoms with E-state index in [1.54, 1.807) is 38.0 Å². The van der Waals surface area contributed by atoms with Crippen molar-refractivity contribution in [2.45, 2.75) is 57.8 Å². The van der Waals surface area contributed by atoms with Gasteiger partial charge in [-0.2, -0.15) is 0 Å². The van der Waals surface area contributed by atoms with Crippen LogP contribution in [0, 0.1) is 5.82 Å². The van der Waals surface area contributed by atoms with Gasteiger partial charge >= 0.3 is 7.60 Å². The van der Waals surface area contributed by atoms with Crippen molar-refractivity contribution in [3.8, 4) is 0 Å². The van der Waals surface area contributed by atoms with E-state index in [1.165, 1.54) is 18.6 Å². The van der Waals surface area contributed by atoms with E-state index < -0.39 is 19.2 Å². The van der Waals surface area contributed by atoms with Crippen molar-refractivity contribution in [2.24, 2.45) is 0 Å². The summed E-state index contributed by atoms with van der Waals surface area (Å²) in [6, 6.07) is 5.90. The minimum Gasteiger partial charge on any atom is -0.383 e. The van der Waals surface area contributed by atoms with E-state index in [2.05, 4.69) is 5.32 Å². The summed E-state index contributed by atoms with van der Waals surface area (Å²) >= 11 is 0. The van der Waals surface area contributed by atoms with Gasteiger partial charge in [0.25, 0.3) is 0 Å². The van der Waals surface area contributed by atoms with E-state index >= 15 is 0 Å². The van der Waals surface area contributed by atoms with Gasteiger partial charge in [0, 0.05) is 19.7 Å². The van der Waals surface area contributed by atoms with Gasteiger partial charge in [-0.05, 0) is 44.4 Å². The normalized spacial score (nSPS) is 16.4. The number of hydrogen-bond donors (Lipinski definition) is 1. The Morgan fingerprint density at radius 2 is 1.77 bits per heavy atom. The molecule has 1 saturated carbocycles. The molecule has 7 nitrogen and oxygen atoms in total. The van der Waals surface area contributed by atoms with Gasteiger partial charge in [-0.15, -0.1) is 0 Å². The minimum absolute atomic E-state index is 0.00599. The lowest BCUT2D eigenvalue weighted by molar-refractivity contribution is -0.123. The van der Waals surface area contributed by atoms with Crippen LogP contribution in [0.3, 0.4) is 0 Å². The number of carbonyl (C=O) groups is 1. The first kappa shape index (κ1) is 25.9. The third-order valence-corrected chi connectivity index (χ3v) is 7.79. The number of halogens is 1. The van der Waals surface area contributed by atoms with E-state index in [0.717, 1.165) is 25.7 Å². The lowest BCUT2D eigenvalue weighted by atomic mass is 9.95. The minimum atomic E-state index is -3.69. The molecule has 0 heterocycles. The predicted molar refractivity (Wildman–Crippen MR) is 118 cm³/mol. The van der Waals surface area contributed by atoms with Gasteiger partial charge < -0.3 is 19.1 Å². The topological polar surface area (TPSA) is 77.1 Å². The highest BCUT2D eigenvalue weighted by molar-refractivity contribution is 7.54. The highest BCUT2D eigenvalue weighted by Gasteiger charge is 2.42. The Morgan fingerprint density at radius 1 is 1.16 bits per heavy atom. The third-order valence-electron chi connectivity index (χ3n) is 5.33. The molecular formula is C22H36FN2O5P. The molecule has 0 aliphatic heterocycles. The molecule has 0 bridgehead atoms. The number of hydrogen-bond acceptors (Lipinski definition) is 6. The van der Waals surface area contributed by atoms with Gasteiger partial charge in [-0.25, -0.2) is 4.39 Å². The molecule has 31 heavy (non-hydrogen) atoms. The SMILES string of the molecule is CCOP(=O)(OCC)C(c1ccc(F)cc1)N(CCOC)CC(=O)NC1CCCCC1. The Labute approximate surface area is 185 Å². The van der Waals surface area contributed by atoms with Crippen molar-refractivity contribution in [1.29, 1.82) is 0 Å². The molecule has 9 heteroatoms. The fraction of sp³-hybridized carbons (Fsp3) is 0.682. The van der Waals surface area contributed by atoms with Crippen molar-refractivity contribution in [1.82, 2.24) is 10.2 Å². The standard InChI is InChI=1S/C22H36FN2O5P/c1-4-29-31(27,30-5-2)22(18-11-13-19(23)14-12-18)25(15-16-28-3)17-21(26)24-20-9-7-6-8-10-20/h11-14,20,22H,4-10,15-17H2,1-3H3,(H,24,26). The van der Waals surface area contributed by atoms with Gasteiger partial charge in [0.15, 0.2) is 0 Å². The van der Waals surface area contributed by atoms with Gasteiger partial charge in [-0.1, -0.05) is 31.4 Å². The Balaban J connectivity index is 2.33. The molecule has 1 aromatic carbocycles. The molecule has 1 amide bonds. The Hall–Kier alpha value is -1.31. The van der Waals surface area contributed by atoms with Crippen molar-refractivity contribution in [2.75, 3.05) is 40.0 Å². The highest BCUT2D eigenvalue weighted by Crippen LogP contribution is 2.62. The molecule has 1 aliphatic carbocycles. The zero-order valence-electron chi connectivity index (χ0n) is 18.8. The summed E-state index contributed by atoms with van der Waals surface area (Å²) in [5, 5.41) is 3.10. The van der Waals surface area contributed by atoms with Crippen molar-refractivity contribution in [3.63, 3.8) is 0 Å². The van der Waals surface area contributed by atoms with Crippen molar-refractivity contribution >= 4 is 13.5 Å². The molecule has 0 aromatic heterocycles. The monoisotopic (exact) mass is 458 g/mol. The van der Waals surface area contributed by atoms with Crippen LogP contribution in [-0.4, -0.2) is 56.9 Å². The second-order valence-electron chi connectivity index (χ2n) is 7.67. The van der Waals surface area contributed by atoms with Gasteiger partial charge in [0.1, 0.15) is 11.6 Å². The van der Waals surface area contributed by atoms with Crippen LogP contribution in [0.1, 0.15) is 57.3 Å². The van der Waals surface area contributed by atoms with Crippen LogP contribution in [0.4, 0.5) is 4.39 Å². The van der Waals surface area contributed by atoms with Crippen LogP contribution in [0.5, 0.6) is 0 Å². The number of carbonyl (C=O) groups excluding carboxylic acids is 1. The molecular weight excluding hydrogens is 422 g/mol. The molecule has 0 spiro atoms. The van der Waals surface area contributed by atoms with Crippen LogP contribution >= 0.6 is 7.60 Å². The van der Waals surface area contributed by atoms with Gasteiger partial charge in [0.05, 0.1) is 26.4 Å². The van der Waals surface area contributed by atoms with Crippen LogP contribution in [0.2, 0.25) is 0 Å². The number of amides is 1. The van der Waals surface area contributed by atoms with E-state index in [-0.39, 0.29) is 31.7 Å². The molecule has 1 atom stereocenters. The molecule has 0 radical (unpaired) electrons. The summed E-state index contributed by atoms with van der Waals surface area (Å²) in [6.45, 7) is 4.51. The smallest absolute Gasteiger partial charge is 0.352 e. The first-order valence-electron chi connectivity index (χ1n) is 11.1. The van der Waals surface area contributed by atoms with Crippen molar-refractivity contribution < 1.29 is 27.5 Å². The molecule has 1 N–H and O–H groups in total. The lowest BCUT2D eigenvalue weighted by Crippen LogP contribution is -2.45. The highest BCUT2D eigenvalue weighted by atomic mass is 31.2. The summed E-state index contributed by atoms with van der Waals surface area (Å²) < 4.78 is 43.9. The van der Waals surface area contributed by atoms with E-state index in [4.69, 9.17) is 13.8 Å². The quantitative estimate of drug-likeness (QED) is 0.439. The van der Waals surface area contributed by atoms with Crippen LogP contribution in [0.15, 0.2) is 24.3 Å². The number of benzene rings is 1. The molecule has 1 fully saturated rings. The summed E-state index contributed by atoms with van der Waals surface area (Å²) in [4.78, 5) is 14.6. The number of nitrogens with one attached hydrogen (secondary N) is 1. The zero-order chi connectivity index (χ0) is 22.7. The second kappa shape index (κ2) is 13.3. The zero-order valence-corrected chi connectivity index (χ0v) is 19.7. The number of methoxy groups -OCH3 is 1. The average molecular weight is 459 g/mol.